The van der Waals surface area contributed by atoms with Gasteiger partial charge in [0, 0.05) is 33.5 Å². The molecule has 0 spiro atoms. The van der Waals surface area contributed by atoms with Crippen LogP contribution in [0, 0.1) is 23.7 Å². The lowest BCUT2D eigenvalue weighted by Gasteiger charge is -2.09. The lowest BCUT2D eigenvalue weighted by molar-refractivity contribution is 0.0528. The van der Waals surface area contributed by atoms with Gasteiger partial charge in [0.2, 0.25) is 0 Å². The molecule has 0 aromatic heterocycles. The van der Waals surface area contributed by atoms with Crippen molar-refractivity contribution < 1.29 is 22.6 Å². The SMILES string of the molecule is COC(C)C.COC(C)C.FC1(F)C#CCCCCC1.FC1C#CCCCCC1. The number of ether oxygens (including phenoxy) is 2. The predicted octanol–water partition coefficient (Wildman–Crippen LogP) is 6.96. The molecule has 1 atom stereocenters. The van der Waals surface area contributed by atoms with Crippen LogP contribution in [0.2, 0.25) is 0 Å². The zero-order valence-corrected chi connectivity index (χ0v) is 19.3. The maximum atomic E-state index is 12.5. The fourth-order valence-corrected chi connectivity index (χ4v) is 1.96. The van der Waals surface area contributed by atoms with Crippen LogP contribution >= 0.6 is 0 Å². The minimum Gasteiger partial charge on any atom is -0.382 e. The van der Waals surface area contributed by atoms with Gasteiger partial charge in [0.1, 0.15) is 0 Å². The highest BCUT2D eigenvalue weighted by Gasteiger charge is 2.25. The third-order valence-corrected chi connectivity index (χ3v) is 4.02. The topological polar surface area (TPSA) is 18.5 Å². The van der Waals surface area contributed by atoms with Gasteiger partial charge >= 0.3 is 5.92 Å². The van der Waals surface area contributed by atoms with E-state index in [1.807, 2.05) is 33.6 Å². The van der Waals surface area contributed by atoms with E-state index < -0.39 is 12.1 Å². The monoisotopic (exact) mass is 418 g/mol. The summed E-state index contributed by atoms with van der Waals surface area (Å²) >= 11 is 0. The number of halogens is 3. The summed E-state index contributed by atoms with van der Waals surface area (Å²) in [6.07, 6.45) is 7.83. The summed E-state index contributed by atoms with van der Waals surface area (Å²) in [5.74, 6) is 7.13. The molecule has 29 heavy (non-hydrogen) atoms. The van der Waals surface area contributed by atoms with E-state index >= 15 is 0 Å². The van der Waals surface area contributed by atoms with Crippen LogP contribution in [0.15, 0.2) is 0 Å². The van der Waals surface area contributed by atoms with Crippen LogP contribution in [0.1, 0.15) is 91.9 Å². The zero-order chi connectivity index (χ0) is 22.5. The average molecular weight is 419 g/mol. The quantitative estimate of drug-likeness (QED) is 0.451. The maximum Gasteiger partial charge on any atom is 0.308 e. The molecule has 2 nitrogen and oxygen atoms in total. The van der Waals surface area contributed by atoms with Crippen molar-refractivity contribution in [1.82, 2.24) is 0 Å². The Balaban J connectivity index is 0. The summed E-state index contributed by atoms with van der Waals surface area (Å²) < 4.78 is 46.9. The van der Waals surface area contributed by atoms with E-state index in [9.17, 15) is 13.2 Å². The molecule has 1 unspecified atom stereocenters. The first-order valence-electron chi connectivity index (χ1n) is 10.7. The second-order valence-corrected chi connectivity index (χ2v) is 7.52. The molecule has 0 radical (unpaired) electrons. The molecule has 0 amide bonds. The van der Waals surface area contributed by atoms with Crippen molar-refractivity contribution in [3.63, 3.8) is 0 Å². The van der Waals surface area contributed by atoms with E-state index in [0.717, 1.165) is 38.5 Å². The highest BCUT2D eigenvalue weighted by molar-refractivity contribution is 5.09. The summed E-state index contributed by atoms with van der Waals surface area (Å²) in [5.41, 5.74) is 0. The molecule has 0 saturated carbocycles. The van der Waals surface area contributed by atoms with Crippen LogP contribution in [0.3, 0.4) is 0 Å². The number of methoxy groups -OCH3 is 2. The third-order valence-electron chi connectivity index (χ3n) is 4.02. The minimum absolute atomic E-state index is 0.0556. The van der Waals surface area contributed by atoms with Crippen molar-refractivity contribution in [2.45, 2.75) is 116 Å². The molecule has 0 heterocycles. The van der Waals surface area contributed by atoms with E-state index in [4.69, 9.17) is 9.47 Å². The Bertz CT molecular complexity index is 474. The van der Waals surface area contributed by atoms with Crippen molar-refractivity contribution in [3.05, 3.63) is 0 Å². The fourth-order valence-electron chi connectivity index (χ4n) is 1.96. The van der Waals surface area contributed by atoms with E-state index in [0.29, 0.717) is 31.5 Å². The second kappa shape index (κ2) is 20.1. The van der Waals surface area contributed by atoms with Gasteiger partial charge in [0.15, 0.2) is 6.17 Å². The van der Waals surface area contributed by atoms with Gasteiger partial charge in [-0.25, -0.2) is 4.39 Å². The van der Waals surface area contributed by atoms with E-state index in [-0.39, 0.29) is 6.42 Å². The Morgan fingerprint density at radius 2 is 1.28 bits per heavy atom. The molecule has 0 aromatic rings. The third kappa shape index (κ3) is 26.8. The van der Waals surface area contributed by atoms with Gasteiger partial charge in [0.25, 0.3) is 0 Å². The van der Waals surface area contributed by atoms with Crippen molar-refractivity contribution >= 4 is 0 Å². The summed E-state index contributed by atoms with van der Waals surface area (Å²) in [6, 6.07) is 0. The lowest BCUT2D eigenvalue weighted by atomic mass is 10.1. The molecule has 5 heteroatoms. The van der Waals surface area contributed by atoms with Gasteiger partial charge in [-0.05, 0) is 65.7 Å². The number of hydrogen-bond acceptors (Lipinski definition) is 2. The Labute approximate surface area is 177 Å². The molecule has 0 bridgehead atoms. The van der Waals surface area contributed by atoms with Crippen molar-refractivity contribution in [2.75, 3.05) is 14.2 Å². The normalized spacial score (nSPS) is 20.0. The van der Waals surface area contributed by atoms with Crippen molar-refractivity contribution in [1.29, 1.82) is 0 Å². The second-order valence-electron chi connectivity index (χ2n) is 7.52. The fraction of sp³-hybridized carbons (Fsp3) is 0.833. The van der Waals surface area contributed by atoms with E-state index in [1.54, 1.807) is 14.2 Å². The standard InChI is InChI=1S/C8H10F2.C8H11F.2C4H10O/c9-8(10)6-4-2-1-3-5-7-8;9-8-6-4-2-1-3-5-7-8;2*1-4(2)5-3/h1-4,6H2;8H,1-4,6H2;2*4H,1-3H3. The molecule has 0 fully saturated rings. The van der Waals surface area contributed by atoms with Crippen LogP contribution in [0.25, 0.3) is 0 Å². The van der Waals surface area contributed by atoms with Gasteiger partial charge in [-0.15, -0.1) is 5.92 Å². The summed E-state index contributed by atoms with van der Waals surface area (Å²) in [4.78, 5) is 0. The maximum absolute atomic E-state index is 12.5. The summed E-state index contributed by atoms with van der Waals surface area (Å²) in [7, 11) is 3.40. The van der Waals surface area contributed by atoms with Crippen LogP contribution in [0.5, 0.6) is 0 Å². The minimum atomic E-state index is -2.71. The van der Waals surface area contributed by atoms with E-state index in [1.165, 1.54) is 0 Å². The summed E-state index contributed by atoms with van der Waals surface area (Å²) in [5, 5.41) is 0. The number of alkyl halides is 3. The van der Waals surface area contributed by atoms with Crippen LogP contribution in [-0.2, 0) is 9.47 Å². The Morgan fingerprint density at radius 3 is 1.79 bits per heavy atom. The molecule has 0 aromatic carbocycles. The molecule has 2 aliphatic rings. The summed E-state index contributed by atoms with van der Waals surface area (Å²) in [6.45, 7) is 8.00. The molecule has 0 aliphatic heterocycles. The lowest BCUT2D eigenvalue weighted by Crippen LogP contribution is -2.13. The number of rotatable bonds is 2. The first kappa shape index (κ1) is 30.0. The molecule has 2 aliphatic carbocycles. The van der Waals surface area contributed by atoms with Gasteiger partial charge in [0.05, 0.1) is 12.2 Å². The Kier molecular flexibility index (Phi) is 20.8. The highest BCUT2D eigenvalue weighted by Crippen LogP contribution is 2.22. The largest absolute Gasteiger partial charge is 0.382 e. The average Bonchev–Trinajstić information content (AvgIpc) is 2.63. The van der Waals surface area contributed by atoms with E-state index in [2.05, 4.69) is 17.8 Å². The molecular weight excluding hydrogens is 377 g/mol. The van der Waals surface area contributed by atoms with Gasteiger partial charge in [-0.1, -0.05) is 24.7 Å². The van der Waals surface area contributed by atoms with Gasteiger partial charge in [-0.3, -0.25) is 0 Å². The first-order valence-corrected chi connectivity index (χ1v) is 10.7. The molecule has 0 saturated heterocycles. The predicted molar refractivity (Wildman–Crippen MR) is 116 cm³/mol. The molecular formula is C24H41F3O2. The Morgan fingerprint density at radius 1 is 0.793 bits per heavy atom. The zero-order valence-electron chi connectivity index (χ0n) is 19.3. The first-order chi connectivity index (χ1) is 13.6. The smallest absolute Gasteiger partial charge is 0.308 e. The molecule has 0 N–H and O–H groups in total. The highest BCUT2D eigenvalue weighted by atomic mass is 19.3. The Hall–Kier alpha value is -1.17. The van der Waals surface area contributed by atoms with Crippen LogP contribution in [0.4, 0.5) is 13.2 Å². The molecule has 2 rings (SSSR count). The van der Waals surface area contributed by atoms with Crippen LogP contribution < -0.4 is 0 Å². The van der Waals surface area contributed by atoms with Gasteiger partial charge < -0.3 is 9.47 Å². The van der Waals surface area contributed by atoms with Crippen LogP contribution in [-0.4, -0.2) is 38.5 Å². The molecule has 170 valence electrons. The van der Waals surface area contributed by atoms with Gasteiger partial charge in [-0.2, -0.15) is 8.78 Å². The van der Waals surface area contributed by atoms with Crippen molar-refractivity contribution in [3.8, 4) is 23.7 Å². The van der Waals surface area contributed by atoms with Crippen molar-refractivity contribution in [2.24, 2.45) is 0 Å². The number of hydrogen-bond donors (Lipinski definition) is 0.